The second-order valence-corrected chi connectivity index (χ2v) is 5.96. The molecule has 134 valence electrons. The van der Waals surface area contributed by atoms with E-state index in [1.54, 1.807) is 0 Å². The molecule has 0 spiro atoms. The van der Waals surface area contributed by atoms with Crippen molar-refractivity contribution < 1.29 is 13.9 Å². The van der Waals surface area contributed by atoms with E-state index in [1.165, 1.54) is 10.2 Å². The molecule has 0 bridgehead atoms. The lowest BCUT2D eigenvalue weighted by Gasteiger charge is -2.05. The number of benzene rings is 2. The number of ether oxygens (including phenoxy) is 1. The van der Waals surface area contributed by atoms with Crippen LogP contribution in [0.2, 0.25) is 0 Å². The van der Waals surface area contributed by atoms with Gasteiger partial charge < -0.3 is 14.5 Å². The lowest BCUT2D eigenvalue weighted by molar-refractivity contribution is -0.121. The molecule has 26 heavy (non-hydrogen) atoms. The van der Waals surface area contributed by atoms with Crippen LogP contribution in [0, 0.1) is 4.84 Å². The number of hydrogen-bond donors (Lipinski definition) is 1. The van der Waals surface area contributed by atoms with Crippen LogP contribution in [-0.2, 0) is 24.4 Å². The first-order valence-electron chi connectivity index (χ1n) is 8.26. The van der Waals surface area contributed by atoms with Gasteiger partial charge in [0.2, 0.25) is 5.91 Å². The molecule has 0 saturated carbocycles. The van der Waals surface area contributed by atoms with Crippen molar-refractivity contribution in [2.24, 2.45) is 0 Å². The first kappa shape index (κ1) is 17.9. The molecule has 1 heterocycles. The van der Waals surface area contributed by atoms with Gasteiger partial charge in [-0.2, -0.15) is 0 Å². The molecule has 1 aromatic heterocycles. The maximum absolute atomic E-state index is 12.1. The minimum Gasteiger partial charge on any atom is -0.484 e. The average molecular weight is 369 g/mol. The monoisotopic (exact) mass is 369 g/mol. The molecular formula is C19H19N3O3S. The van der Waals surface area contributed by atoms with Crippen LogP contribution in [0.15, 0.2) is 65.1 Å². The number of amides is 1. The lowest BCUT2D eigenvalue weighted by atomic mass is 10.1. The zero-order valence-corrected chi connectivity index (χ0v) is 14.9. The van der Waals surface area contributed by atoms with Gasteiger partial charge in [-0.15, -0.1) is 5.10 Å². The van der Waals surface area contributed by atoms with E-state index in [1.807, 2.05) is 60.7 Å². The van der Waals surface area contributed by atoms with Gasteiger partial charge in [-0.25, -0.2) is 4.68 Å². The van der Waals surface area contributed by atoms with Gasteiger partial charge in [0.15, 0.2) is 6.61 Å². The lowest BCUT2D eigenvalue weighted by Crippen LogP contribution is -2.29. The minimum atomic E-state index is -0.166. The molecule has 2 aromatic carbocycles. The molecule has 7 heteroatoms. The fourth-order valence-electron chi connectivity index (χ4n) is 2.35. The Morgan fingerprint density at radius 2 is 1.81 bits per heavy atom. The SMILES string of the molecule is O=C(Cn1nc(COc2ccccc2)oc1=S)NCCc1ccccc1. The number of carbonyl (C=O) groups is 1. The van der Waals surface area contributed by atoms with Gasteiger partial charge in [-0.3, -0.25) is 4.79 Å². The van der Waals surface area contributed by atoms with E-state index in [0.29, 0.717) is 18.2 Å². The normalized spacial score (nSPS) is 10.5. The Kier molecular flexibility index (Phi) is 6.16. The number of nitrogens with one attached hydrogen (secondary N) is 1. The summed E-state index contributed by atoms with van der Waals surface area (Å²) in [5.74, 6) is 0.874. The highest BCUT2D eigenvalue weighted by atomic mass is 32.1. The Labute approximate surface area is 156 Å². The molecule has 1 N–H and O–H groups in total. The number of carbonyl (C=O) groups excluding carboxylic acids is 1. The van der Waals surface area contributed by atoms with Crippen LogP contribution in [0.3, 0.4) is 0 Å². The van der Waals surface area contributed by atoms with Gasteiger partial charge >= 0.3 is 0 Å². The minimum absolute atomic E-state index is 0.0163. The summed E-state index contributed by atoms with van der Waals surface area (Å²) in [7, 11) is 0. The molecule has 0 aliphatic heterocycles. The van der Waals surface area contributed by atoms with Gasteiger partial charge in [-0.05, 0) is 36.3 Å². The van der Waals surface area contributed by atoms with Crippen LogP contribution in [0.1, 0.15) is 11.5 Å². The molecule has 0 fully saturated rings. The summed E-state index contributed by atoms with van der Waals surface area (Å²) >= 11 is 5.11. The van der Waals surface area contributed by atoms with Crippen molar-refractivity contribution in [2.75, 3.05) is 6.54 Å². The number of nitrogens with zero attached hydrogens (tertiary/aromatic N) is 2. The van der Waals surface area contributed by atoms with Crippen molar-refractivity contribution in [1.82, 2.24) is 15.1 Å². The van der Waals surface area contributed by atoms with Crippen molar-refractivity contribution in [3.05, 3.63) is 77.0 Å². The van der Waals surface area contributed by atoms with Crippen LogP contribution in [-0.4, -0.2) is 22.2 Å². The molecule has 0 saturated heterocycles. The molecule has 1 amide bonds. The summed E-state index contributed by atoms with van der Waals surface area (Å²) in [6.45, 7) is 0.719. The fourth-order valence-corrected chi connectivity index (χ4v) is 2.55. The van der Waals surface area contributed by atoms with E-state index >= 15 is 0 Å². The smallest absolute Gasteiger partial charge is 0.287 e. The van der Waals surface area contributed by atoms with Crippen LogP contribution >= 0.6 is 12.2 Å². The molecule has 6 nitrogen and oxygen atoms in total. The highest BCUT2D eigenvalue weighted by Gasteiger charge is 2.10. The average Bonchev–Trinajstić information content (AvgIpc) is 3.01. The summed E-state index contributed by atoms with van der Waals surface area (Å²) < 4.78 is 12.3. The summed E-state index contributed by atoms with van der Waals surface area (Å²) in [6, 6.07) is 19.3. The Balaban J connectivity index is 1.47. The molecule has 0 atom stereocenters. The van der Waals surface area contributed by atoms with Crippen LogP contribution in [0.25, 0.3) is 0 Å². The van der Waals surface area contributed by atoms with Crippen molar-refractivity contribution in [3.63, 3.8) is 0 Å². The first-order chi connectivity index (χ1) is 12.7. The van der Waals surface area contributed by atoms with Crippen LogP contribution in [0.4, 0.5) is 0 Å². The Bertz CT molecular complexity index is 891. The van der Waals surface area contributed by atoms with E-state index < -0.39 is 0 Å². The quantitative estimate of drug-likeness (QED) is 0.618. The number of hydrogen-bond acceptors (Lipinski definition) is 5. The van der Waals surface area contributed by atoms with E-state index in [9.17, 15) is 4.79 Å². The number of rotatable bonds is 8. The maximum Gasteiger partial charge on any atom is 0.287 e. The predicted molar refractivity (Wildman–Crippen MR) is 99.3 cm³/mol. The first-order valence-corrected chi connectivity index (χ1v) is 8.67. The second-order valence-electron chi connectivity index (χ2n) is 5.61. The fraction of sp³-hybridized carbons (Fsp3) is 0.211. The topological polar surface area (TPSA) is 69.3 Å². The van der Waals surface area contributed by atoms with Gasteiger partial charge in [0.25, 0.3) is 10.7 Å². The standard InChI is InChI=1S/C19H19N3O3S/c23-17(20-12-11-15-7-3-1-4-8-15)13-22-19(26)25-18(21-22)14-24-16-9-5-2-6-10-16/h1-10H,11-14H2,(H,20,23). The van der Waals surface area contributed by atoms with Crippen molar-refractivity contribution in [2.45, 2.75) is 19.6 Å². The predicted octanol–water partition coefficient (Wildman–Crippen LogP) is 3.14. The molecular weight excluding hydrogens is 350 g/mol. The van der Waals surface area contributed by atoms with Crippen LogP contribution < -0.4 is 10.1 Å². The Morgan fingerprint density at radius 3 is 2.54 bits per heavy atom. The summed E-state index contributed by atoms with van der Waals surface area (Å²) in [5.41, 5.74) is 1.17. The van der Waals surface area contributed by atoms with E-state index in [-0.39, 0.29) is 23.9 Å². The molecule has 0 radical (unpaired) electrons. The van der Waals surface area contributed by atoms with Crippen molar-refractivity contribution >= 4 is 18.1 Å². The number of aromatic nitrogens is 2. The van der Waals surface area contributed by atoms with Crippen molar-refractivity contribution in [3.8, 4) is 5.75 Å². The van der Waals surface area contributed by atoms with Gasteiger partial charge in [0.1, 0.15) is 12.3 Å². The van der Waals surface area contributed by atoms with Gasteiger partial charge in [0.05, 0.1) is 0 Å². The largest absolute Gasteiger partial charge is 0.484 e. The number of para-hydroxylation sites is 1. The van der Waals surface area contributed by atoms with Gasteiger partial charge in [-0.1, -0.05) is 48.5 Å². The summed E-state index contributed by atoms with van der Waals surface area (Å²) in [6.07, 6.45) is 0.771. The van der Waals surface area contributed by atoms with Gasteiger partial charge in [0, 0.05) is 6.54 Å². The third-order valence-electron chi connectivity index (χ3n) is 3.63. The van der Waals surface area contributed by atoms with E-state index in [4.69, 9.17) is 21.4 Å². The van der Waals surface area contributed by atoms with E-state index in [2.05, 4.69) is 10.4 Å². The molecule has 0 unspecified atom stereocenters. The van der Waals surface area contributed by atoms with E-state index in [0.717, 1.165) is 6.42 Å². The van der Waals surface area contributed by atoms with Crippen molar-refractivity contribution in [1.29, 1.82) is 0 Å². The third-order valence-corrected chi connectivity index (χ3v) is 3.92. The molecule has 3 aromatic rings. The maximum atomic E-state index is 12.1. The molecule has 0 aliphatic carbocycles. The Hall–Kier alpha value is -2.93. The zero-order valence-electron chi connectivity index (χ0n) is 14.1. The molecule has 3 rings (SSSR count). The second kappa shape index (κ2) is 8.96. The summed E-state index contributed by atoms with van der Waals surface area (Å²) in [5, 5.41) is 7.05. The summed E-state index contributed by atoms with van der Waals surface area (Å²) in [4.78, 5) is 12.2. The highest BCUT2D eigenvalue weighted by Crippen LogP contribution is 2.11. The molecule has 0 aliphatic rings. The van der Waals surface area contributed by atoms with Crippen LogP contribution in [0.5, 0.6) is 5.75 Å². The highest BCUT2D eigenvalue weighted by molar-refractivity contribution is 7.71. The Morgan fingerprint density at radius 1 is 1.12 bits per heavy atom. The zero-order chi connectivity index (χ0) is 18.2. The third kappa shape index (κ3) is 5.29.